The standard InChI is InChI=1S/C26H33N5O5/c1-4-14-30(17-22(32)28-20-15-19(35-5-2)12-13-21(20)36-6-3)23-24(27)31(26(34)29-25(23)33)16-18-10-8-7-9-11-18/h7-13,15H,4-6,14,16-17,27H2,1-3H3,(H,28,32)(H,29,33,34). The van der Waals surface area contributed by atoms with Crippen molar-refractivity contribution >= 4 is 23.1 Å². The highest BCUT2D eigenvalue weighted by Gasteiger charge is 2.21. The number of aromatic nitrogens is 2. The van der Waals surface area contributed by atoms with Crippen molar-refractivity contribution in [1.82, 2.24) is 9.55 Å². The minimum absolute atomic E-state index is 0.00204. The second kappa shape index (κ2) is 12.5. The van der Waals surface area contributed by atoms with Gasteiger partial charge in [0, 0.05) is 12.6 Å². The van der Waals surface area contributed by atoms with Crippen LogP contribution in [0.3, 0.4) is 0 Å². The minimum atomic E-state index is -0.642. The molecular weight excluding hydrogens is 462 g/mol. The molecule has 0 aliphatic heterocycles. The molecule has 0 fully saturated rings. The van der Waals surface area contributed by atoms with Crippen LogP contribution in [0.15, 0.2) is 58.1 Å². The van der Waals surface area contributed by atoms with Gasteiger partial charge in [-0.15, -0.1) is 0 Å². The van der Waals surface area contributed by atoms with Gasteiger partial charge in [0.15, 0.2) is 0 Å². The second-order valence-corrected chi connectivity index (χ2v) is 8.06. The monoisotopic (exact) mass is 495 g/mol. The number of nitrogens with zero attached hydrogens (tertiary/aromatic N) is 2. The van der Waals surface area contributed by atoms with Crippen molar-refractivity contribution in [3.05, 3.63) is 74.9 Å². The quantitative estimate of drug-likeness (QED) is 0.352. The Morgan fingerprint density at radius 3 is 2.44 bits per heavy atom. The number of H-pyrrole nitrogens is 1. The highest BCUT2D eigenvalue weighted by atomic mass is 16.5. The first-order valence-corrected chi connectivity index (χ1v) is 12.0. The highest BCUT2D eigenvalue weighted by Crippen LogP contribution is 2.29. The van der Waals surface area contributed by atoms with E-state index in [-0.39, 0.29) is 30.5 Å². The van der Waals surface area contributed by atoms with E-state index in [0.717, 1.165) is 5.56 Å². The van der Waals surface area contributed by atoms with Crippen molar-refractivity contribution in [2.24, 2.45) is 0 Å². The molecule has 0 saturated heterocycles. The summed E-state index contributed by atoms with van der Waals surface area (Å²) in [6.45, 7) is 6.95. The summed E-state index contributed by atoms with van der Waals surface area (Å²) in [5.41, 5.74) is 6.48. The van der Waals surface area contributed by atoms with Gasteiger partial charge in [0.25, 0.3) is 5.56 Å². The maximum atomic E-state index is 13.1. The summed E-state index contributed by atoms with van der Waals surface area (Å²) in [6, 6.07) is 14.5. The molecule has 3 rings (SSSR count). The lowest BCUT2D eigenvalue weighted by atomic mass is 10.2. The molecule has 36 heavy (non-hydrogen) atoms. The zero-order chi connectivity index (χ0) is 26.1. The molecule has 0 spiro atoms. The fourth-order valence-electron chi connectivity index (χ4n) is 3.85. The third-order valence-corrected chi connectivity index (χ3v) is 5.38. The van der Waals surface area contributed by atoms with Gasteiger partial charge < -0.3 is 25.4 Å². The van der Waals surface area contributed by atoms with Gasteiger partial charge in [-0.25, -0.2) is 4.79 Å². The molecule has 0 saturated carbocycles. The van der Waals surface area contributed by atoms with E-state index in [2.05, 4.69) is 10.3 Å². The smallest absolute Gasteiger partial charge is 0.330 e. The van der Waals surface area contributed by atoms with Crippen LogP contribution in [0.4, 0.5) is 17.2 Å². The lowest BCUT2D eigenvalue weighted by Crippen LogP contribution is -2.42. The maximum Gasteiger partial charge on any atom is 0.330 e. The van der Waals surface area contributed by atoms with Crippen LogP contribution < -0.4 is 36.7 Å². The first kappa shape index (κ1) is 26.4. The molecule has 3 aromatic rings. The molecule has 0 atom stereocenters. The number of amides is 1. The Morgan fingerprint density at radius 2 is 1.78 bits per heavy atom. The van der Waals surface area contributed by atoms with Crippen molar-refractivity contribution < 1.29 is 14.3 Å². The van der Waals surface area contributed by atoms with Crippen LogP contribution >= 0.6 is 0 Å². The van der Waals surface area contributed by atoms with E-state index in [1.807, 2.05) is 51.1 Å². The Hall–Kier alpha value is -4.21. The van der Waals surface area contributed by atoms with Crippen molar-refractivity contribution in [3.63, 3.8) is 0 Å². The number of hydrogen-bond acceptors (Lipinski definition) is 7. The van der Waals surface area contributed by atoms with E-state index in [1.165, 1.54) is 4.57 Å². The van der Waals surface area contributed by atoms with Crippen LogP contribution in [-0.2, 0) is 11.3 Å². The lowest BCUT2D eigenvalue weighted by molar-refractivity contribution is -0.115. The fraction of sp³-hybridized carbons (Fsp3) is 0.346. The molecule has 2 aromatic carbocycles. The summed E-state index contributed by atoms with van der Waals surface area (Å²) in [6.07, 6.45) is 0.647. The number of rotatable bonds is 12. The van der Waals surface area contributed by atoms with Crippen LogP contribution in [-0.4, -0.2) is 41.8 Å². The Labute approximate surface area is 209 Å². The first-order valence-electron chi connectivity index (χ1n) is 12.0. The maximum absolute atomic E-state index is 13.1. The Balaban J connectivity index is 1.91. The molecule has 0 bridgehead atoms. The molecule has 1 amide bonds. The molecule has 0 unspecified atom stereocenters. The van der Waals surface area contributed by atoms with Gasteiger partial charge in [0.05, 0.1) is 32.0 Å². The Morgan fingerprint density at radius 1 is 1.06 bits per heavy atom. The van der Waals surface area contributed by atoms with Crippen LogP contribution in [0.25, 0.3) is 0 Å². The molecule has 0 aliphatic carbocycles. The number of nitrogen functional groups attached to an aromatic ring is 1. The molecular formula is C26H33N5O5. The first-order chi connectivity index (χ1) is 17.4. The number of benzene rings is 2. The zero-order valence-electron chi connectivity index (χ0n) is 20.9. The zero-order valence-corrected chi connectivity index (χ0v) is 20.9. The molecule has 10 nitrogen and oxygen atoms in total. The van der Waals surface area contributed by atoms with E-state index in [4.69, 9.17) is 15.2 Å². The summed E-state index contributed by atoms with van der Waals surface area (Å²) in [5.74, 6) is 0.723. The van der Waals surface area contributed by atoms with Crippen molar-refractivity contribution in [2.75, 3.05) is 42.3 Å². The molecule has 10 heteroatoms. The van der Waals surface area contributed by atoms with Crippen molar-refractivity contribution in [3.8, 4) is 11.5 Å². The number of nitrogens with two attached hydrogens (primary N) is 1. The van der Waals surface area contributed by atoms with E-state index in [1.54, 1.807) is 23.1 Å². The van der Waals surface area contributed by atoms with Gasteiger partial charge >= 0.3 is 5.69 Å². The number of hydrogen-bond donors (Lipinski definition) is 3. The summed E-state index contributed by atoms with van der Waals surface area (Å²) < 4.78 is 12.5. The van der Waals surface area contributed by atoms with Gasteiger partial charge in [-0.2, -0.15) is 0 Å². The minimum Gasteiger partial charge on any atom is -0.494 e. The van der Waals surface area contributed by atoms with E-state index in [9.17, 15) is 14.4 Å². The predicted molar refractivity (Wildman–Crippen MR) is 141 cm³/mol. The van der Waals surface area contributed by atoms with Gasteiger partial charge in [-0.3, -0.25) is 19.1 Å². The van der Waals surface area contributed by atoms with Gasteiger partial charge in [-0.05, 0) is 38.0 Å². The van der Waals surface area contributed by atoms with Crippen LogP contribution in [0.2, 0.25) is 0 Å². The molecule has 1 heterocycles. The lowest BCUT2D eigenvalue weighted by Gasteiger charge is -2.25. The Bertz CT molecular complexity index is 1290. The fourth-order valence-corrected chi connectivity index (χ4v) is 3.85. The number of nitrogens with one attached hydrogen (secondary N) is 2. The average molecular weight is 496 g/mol. The Kier molecular flexibility index (Phi) is 9.15. The molecule has 1 aromatic heterocycles. The molecule has 4 N–H and O–H groups in total. The SMILES string of the molecule is CCCN(CC(=O)Nc1cc(OCC)ccc1OCC)c1c(N)n(Cc2ccccc2)c(=O)[nH]c1=O. The third-order valence-electron chi connectivity index (χ3n) is 5.38. The largest absolute Gasteiger partial charge is 0.494 e. The summed E-state index contributed by atoms with van der Waals surface area (Å²) in [7, 11) is 0. The van der Waals surface area contributed by atoms with Crippen molar-refractivity contribution in [2.45, 2.75) is 33.7 Å². The average Bonchev–Trinajstić information content (AvgIpc) is 2.84. The second-order valence-electron chi connectivity index (χ2n) is 8.06. The number of aromatic amines is 1. The highest BCUT2D eigenvalue weighted by molar-refractivity contribution is 5.96. The van der Waals surface area contributed by atoms with E-state index >= 15 is 0 Å². The predicted octanol–water partition coefficient (Wildman–Crippen LogP) is 2.82. The number of anilines is 3. The van der Waals surface area contributed by atoms with Crippen LogP contribution in [0.1, 0.15) is 32.8 Å². The van der Waals surface area contributed by atoms with Crippen LogP contribution in [0.5, 0.6) is 11.5 Å². The van der Waals surface area contributed by atoms with Crippen molar-refractivity contribution in [1.29, 1.82) is 0 Å². The number of carbonyl (C=O) groups is 1. The summed E-state index contributed by atoms with van der Waals surface area (Å²) >= 11 is 0. The van der Waals surface area contributed by atoms with E-state index < -0.39 is 11.2 Å². The number of ether oxygens (including phenoxy) is 2. The van der Waals surface area contributed by atoms with E-state index in [0.29, 0.717) is 43.4 Å². The molecule has 0 aliphatic rings. The third kappa shape index (κ3) is 6.47. The van der Waals surface area contributed by atoms with Gasteiger partial charge in [0.1, 0.15) is 23.0 Å². The van der Waals surface area contributed by atoms with Gasteiger partial charge in [0.2, 0.25) is 5.91 Å². The molecule has 192 valence electrons. The van der Waals surface area contributed by atoms with Crippen LogP contribution in [0, 0.1) is 0 Å². The summed E-state index contributed by atoms with van der Waals surface area (Å²) in [5, 5.41) is 2.85. The summed E-state index contributed by atoms with van der Waals surface area (Å²) in [4.78, 5) is 42.4. The topological polar surface area (TPSA) is 132 Å². The normalized spacial score (nSPS) is 10.6. The van der Waals surface area contributed by atoms with Gasteiger partial charge in [-0.1, -0.05) is 37.3 Å². The number of carbonyl (C=O) groups excluding carboxylic acids is 1. The molecule has 0 radical (unpaired) electrons.